The molecule has 124 valence electrons. The molecule has 1 N–H and O–H groups in total. The van der Waals surface area contributed by atoms with Crippen LogP contribution in [0.3, 0.4) is 0 Å². The molecule has 4 nitrogen and oxygen atoms in total. The van der Waals surface area contributed by atoms with E-state index in [4.69, 9.17) is 4.74 Å². The molecule has 0 aromatic heterocycles. The van der Waals surface area contributed by atoms with Crippen molar-refractivity contribution >= 4 is 5.97 Å². The Morgan fingerprint density at radius 2 is 2.00 bits per heavy atom. The van der Waals surface area contributed by atoms with Crippen LogP contribution < -0.4 is 5.32 Å². The van der Waals surface area contributed by atoms with Crippen LogP contribution in [0, 0.1) is 5.41 Å². The number of hydrogen-bond acceptors (Lipinski definition) is 4. The topological polar surface area (TPSA) is 41.6 Å². The van der Waals surface area contributed by atoms with Gasteiger partial charge in [-0.15, -0.1) is 0 Å². The predicted molar refractivity (Wildman–Crippen MR) is 87.4 cm³/mol. The molecule has 0 aromatic rings. The molecule has 4 heteroatoms. The van der Waals surface area contributed by atoms with Gasteiger partial charge < -0.3 is 15.0 Å². The molecule has 1 aliphatic rings. The van der Waals surface area contributed by atoms with Gasteiger partial charge in [0.1, 0.15) is 5.54 Å². The summed E-state index contributed by atoms with van der Waals surface area (Å²) < 4.78 is 4.94. The summed E-state index contributed by atoms with van der Waals surface area (Å²) in [6.45, 7) is 12.9. The fourth-order valence-electron chi connectivity index (χ4n) is 3.58. The highest BCUT2D eigenvalue weighted by atomic mass is 16.5. The van der Waals surface area contributed by atoms with Crippen LogP contribution >= 0.6 is 0 Å². The minimum atomic E-state index is -0.546. The Labute approximate surface area is 130 Å². The van der Waals surface area contributed by atoms with Crippen molar-refractivity contribution in [2.75, 3.05) is 33.3 Å². The molecule has 1 heterocycles. The number of carbonyl (C=O) groups is 1. The zero-order valence-electron chi connectivity index (χ0n) is 14.6. The summed E-state index contributed by atoms with van der Waals surface area (Å²) in [4.78, 5) is 14.5. The van der Waals surface area contributed by atoms with Crippen molar-refractivity contribution < 1.29 is 9.53 Å². The second-order valence-electron chi connectivity index (χ2n) is 6.69. The van der Waals surface area contributed by atoms with Gasteiger partial charge >= 0.3 is 5.97 Å². The molecule has 0 saturated carbocycles. The van der Waals surface area contributed by atoms with Gasteiger partial charge in [0.2, 0.25) is 0 Å². The van der Waals surface area contributed by atoms with E-state index in [1.807, 2.05) is 13.8 Å². The van der Waals surface area contributed by atoms with E-state index in [-0.39, 0.29) is 5.97 Å². The van der Waals surface area contributed by atoms with E-state index in [0.29, 0.717) is 5.41 Å². The lowest BCUT2D eigenvalue weighted by Crippen LogP contribution is -2.50. The van der Waals surface area contributed by atoms with Crippen molar-refractivity contribution in [1.82, 2.24) is 10.2 Å². The molecule has 21 heavy (non-hydrogen) atoms. The first-order chi connectivity index (χ1) is 9.95. The fourth-order valence-corrected chi connectivity index (χ4v) is 3.58. The summed E-state index contributed by atoms with van der Waals surface area (Å²) in [6, 6.07) is 0. The lowest BCUT2D eigenvalue weighted by molar-refractivity contribution is -0.148. The van der Waals surface area contributed by atoms with E-state index < -0.39 is 5.54 Å². The molecule has 1 fully saturated rings. The first kappa shape index (κ1) is 18.4. The van der Waals surface area contributed by atoms with Gasteiger partial charge in [-0.2, -0.15) is 0 Å². The van der Waals surface area contributed by atoms with E-state index in [9.17, 15) is 4.79 Å². The number of hydrogen-bond donors (Lipinski definition) is 1. The highest BCUT2D eigenvalue weighted by Crippen LogP contribution is 2.37. The molecule has 0 radical (unpaired) electrons. The van der Waals surface area contributed by atoms with E-state index in [1.165, 1.54) is 39.5 Å². The van der Waals surface area contributed by atoms with Gasteiger partial charge in [-0.25, -0.2) is 0 Å². The molecular formula is C17H34N2O2. The number of likely N-dealkylation sites (tertiary alicyclic amines) is 1. The van der Waals surface area contributed by atoms with Crippen molar-refractivity contribution in [2.24, 2.45) is 5.41 Å². The number of nitrogens with one attached hydrogen (secondary N) is 1. The molecule has 0 aliphatic carbocycles. The number of likely N-dealkylation sites (N-methyl/N-ethyl adjacent to an activating group) is 1. The molecule has 1 unspecified atom stereocenters. The molecule has 0 spiro atoms. The maximum absolute atomic E-state index is 11.9. The van der Waals surface area contributed by atoms with E-state index in [1.54, 1.807) is 0 Å². The van der Waals surface area contributed by atoms with Crippen molar-refractivity contribution in [2.45, 2.75) is 65.3 Å². The molecule has 1 rings (SSSR count). The smallest absolute Gasteiger partial charge is 0.325 e. The Kier molecular flexibility index (Phi) is 7.14. The van der Waals surface area contributed by atoms with E-state index >= 15 is 0 Å². The maximum atomic E-state index is 11.9. The standard InChI is InChI=1S/C17H34N2O2/c1-6-17(7-2)11-13-19(14-17)12-9-10-16(4,18-8-3)15(20)21-5/h18H,6-14H2,1-5H3. The Balaban J connectivity index is 2.43. The van der Waals surface area contributed by atoms with Gasteiger partial charge in [0, 0.05) is 6.54 Å². The van der Waals surface area contributed by atoms with Gasteiger partial charge in [-0.3, -0.25) is 4.79 Å². The van der Waals surface area contributed by atoms with Gasteiger partial charge in [0.25, 0.3) is 0 Å². The molecule has 1 atom stereocenters. The zero-order chi connectivity index (χ0) is 15.9. The fraction of sp³-hybridized carbons (Fsp3) is 0.941. The van der Waals surface area contributed by atoms with Crippen LogP contribution in [-0.4, -0.2) is 49.7 Å². The number of carbonyl (C=O) groups excluding carboxylic acids is 1. The van der Waals surface area contributed by atoms with E-state index in [0.717, 1.165) is 25.9 Å². The average Bonchev–Trinajstić information content (AvgIpc) is 2.91. The maximum Gasteiger partial charge on any atom is 0.325 e. The van der Waals surface area contributed by atoms with Gasteiger partial charge in [-0.05, 0) is 64.1 Å². The van der Waals surface area contributed by atoms with Crippen LogP contribution in [0.2, 0.25) is 0 Å². The minimum absolute atomic E-state index is 0.151. The quantitative estimate of drug-likeness (QED) is 0.665. The Bertz CT molecular complexity index is 329. The lowest BCUT2D eigenvalue weighted by Gasteiger charge is -2.29. The minimum Gasteiger partial charge on any atom is -0.468 e. The summed E-state index contributed by atoms with van der Waals surface area (Å²) in [5, 5.41) is 3.28. The Hall–Kier alpha value is -0.610. The summed E-state index contributed by atoms with van der Waals surface area (Å²) >= 11 is 0. The molecule has 1 saturated heterocycles. The molecular weight excluding hydrogens is 264 g/mol. The third-order valence-electron chi connectivity index (χ3n) is 5.37. The monoisotopic (exact) mass is 298 g/mol. The van der Waals surface area contributed by atoms with Crippen LogP contribution in [-0.2, 0) is 9.53 Å². The highest BCUT2D eigenvalue weighted by molar-refractivity contribution is 5.80. The van der Waals surface area contributed by atoms with E-state index in [2.05, 4.69) is 24.1 Å². The predicted octanol–water partition coefficient (Wildman–Crippen LogP) is 2.82. The summed E-state index contributed by atoms with van der Waals surface area (Å²) in [5.74, 6) is -0.151. The summed E-state index contributed by atoms with van der Waals surface area (Å²) in [6.07, 6.45) is 5.73. The van der Waals surface area contributed by atoms with Gasteiger partial charge in [-0.1, -0.05) is 20.8 Å². The first-order valence-electron chi connectivity index (χ1n) is 8.51. The van der Waals surface area contributed by atoms with Crippen molar-refractivity contribution in [3.8, 4) is 0 Å². The van der Waals surface area contributed by atoms with Crippen LogP contribution in [0.1, 0.15) is 59.8 Å². The number of methoxy groups -OCH3 is 1. The Morgan fingerprint density at radius 1 is 1.33 bits per heavy atom. The second-order valence-corrected chi connectivity index (χ2v) is 6.69. The Morgan fingerprint density at radius 3 is 2.48 bits per heavy atom. The molecule has 0 bridgehead atoms. The lowest BCUT2D eigenvalue weighted by atomic mass is 9.82. The number of esters is 1. The van der Waals surface area contributed by atoms with Crippen molar-refractivity contribution in [3.05, 3.63) is 0 Å². The summed E-state index contributed by atoms with van der Waals surface area (Å²) in [7, 11) is 1.47. The largest absolute Gasteiger partial charge is 0.468 e. The van der Waals surface area contributed by atoms with Crippen molar-refractivity contribution in [3.63, 3.8) is 0 Å². The van der Waals surface area contributed by atoms with Crippen molar-refractivity contribution in [1.29, 1.82) is 0 Å². The second kappa shape index (κ2) is 8.14. The normalized spacial score (nSPS) is 21.2. The SMILES string of the molecule is CCNC(C)(CCCN1CCC(CC)(CC)C1)C(=O)OC. The van der Waals surface area contributed by atoms with Crippen LogP contribution in [0.15, 0.2) is 0 Å². The molecule has 0 amide bonds. The molecule has 1 aliphatic heterocycles. The summed E-state index contributed by atoms with van der Waals surface area (Å²) in [5.41, 5.74) is -0.0108. The highest BCUT2D eigenvalue weighted by Gasteiger charge is 2.36. The molecule has 0 aromatic carbocycles. The number of ether oxygens (including phenoxy) is 1. The number of rotatable bonds is 9. The third-order valence-corrected chi connectivity index (χ3v) is 5.37. The van der Waals surface area contributed by atoms with Gasteiger partial charge in [0.05, 0.1) is 7.11 Å². The van der Waals surface area contributed by atoms with Gasteiger partial charge in [0.15, 0.2) is 0 Å². The third kappa shape index (κ3) is 4.68. The van der Waals surface area contributed by atoms with Crippen LogP contribution in [0.5, 0.6) is 0 Å². The first-order valence-corrected chi connectivity index (χ1v) is 8.51. The average molecular weight is 298 g/mol. The number of nitrogens with zero attached hydrogens (tertiary/aromatic N) is 1. The van der Waals surface area contributed by atoms with Crippen LogP contribution in [0.4, 0.5) is 0 Å². The van der Waals surface area contributed by atoms with Crippen LogP contribution in [0.25, 0.3) is 0 Å². The zero-order valence-corrected chi connectivity index (χ0v) is 14.6.